The van der Waals surface area contributed by atoms with E-state index in [0.29, 0.717) is 16.3 Å². The molecule has 0 bridgehead atoms. The zero-order valence-electron chi connectivity index (χ0n) is 14.0. The van der Waals surface area contributed by atoms with Crippen molar-refractivity contribution in [3.8, 4) is 5.69 Å². The number of carbonyl (C=O) groups excluding carboxylic acids is 1. The van der Waals surface area contributed by atoms with Crippen molar-refractivity contribution in [1.82, 2.24) is 14.7 Å². The molecule has 1 heterocycles. The molecule has 0 N–H and O–H groups in total. The average Bonchev–Trinajstić information content (AvgIpc) is 3.03. The molecule has 0 radical (unpaired) electrons. The lowest BCUT2D eigenvalue weighted by Crippen LogP contribution is -2.27. The summed E-state index contributed by atoms with van der Waals surface area (Å²) < 4.78 is 4.23. The highest BCUT2D eigenvalue weighted by Crippen LogP contribution is 2.24. The second-order valence-corrected chi connectivity index (χ2v) is 9.31. The first-order valence-electron chi connectivity index (χ1n) is 7.80. The van der Waals surface area contributed by atoms with Gasteiger partial charge in [-0.05, 0) is 42.0 Å². The number of thioether (sulfide) groups is 1. The molecule has 26 heavy (non-hydrogen) atoms. The molecule has 0 atom stereocenters. The Morgan fingerprint density at radius 2 is 1.92 bits per heavy atom. The van der Waals surface area contributed by atoms with E-state index in [0.717, 1.165) is 20.1 Å². The normalized spacial score (nSPS) is 10.7. The monoisotopic (exact) mass is 465 g/mol. The van der Waals surface area contributed by atoms with Gasteiger partial charge in [-0.15, -0.1) is 5.10 Å². The van der Waals surface area contributed by atoms with Gasteiger partial charge < -0.3 is 4.90 Å². The minimum Gasteiger partial charge on any atom is -0.341 e. The highest BCUT2D eigenvalue weighted by atomic mass is 79.9. The molecule has 0 aliphatic heterocycles. The Bertz CT molecular complexity index is 938. The summed E-state index contributed by atoms with van der Waals surface area (Å²) in [4.78, 5) is 14.1. The number of hydrogen-bond donors (Lipinski definition) is 0. The SMILES string of the molecule is CN(Cc1ccc(Br)cc1)C(=O)CSc1nn(-c2ccccc2)c(=S)s1. The Kier molecular flexibility index (Phi) is 6.63. The van der Waals surface area contributed by atoms with E-state index in [9.17, 15) is 4.79 Å². The molecule has 0 unspecified atom stereocenters. The first-order valence-corrected chi connectivity index (χ1v) is 10.8. The van der Waals surface area contributed by atoms with E-state index in [1.165, 1.54) is 23.1 Å². The molecule has 134 valence electrons. The maximum Gasteiger partial charge on any atom is 0.233 e. The van der Waals surface area contributed by atoms with Gasteiger partial charge in [0.2, 0.25) is 5.91 Å². The van der Waals surface area contributed by atoms with Gasteiger partial charge in [0.25, 0.3) is 0 Å². The van der Waals surface area contributed by atoms with Crippen molar-refractivity contribution < 1.29 is 4.79 Å². The Labute approximate surface area is 174 Å². The molecule has 1 amide bonds. The number of aromatic nitrogens is 2. The van der Waals surface area contributed by atoms with Crippen LogP contribution in [-0.4, -0.2) is 33.4 Å². The maximum atomic E-state index is 12.4. The Hall–Kier alpha value is -1.48. The van der Waals surface area contributed by atoms with Crippen LogP contribution in [0.5, 0.6) is 0 Å². The van der Waals surface area contributed by atoms with Crippen LogP contribution in [0.25, 0.3) is 5.69 Å². The lowest BCUT2D eigenvalue weighted by molar-refractivity contribution is -0.127. The third-order valence-corrected chi connectivity index (χ3v) is 6.49. The number of halogens is 1. The quantitative estimate of drug-likeness (QED) is 0.371. The number of amides is 1. The molecule has 3 aromatic rings. The van der Waals surface area contributed by atoms with Gasteiger partial charge in [0.05, 0.1) is 11.4 Å². The molecule has 0 aliphatic carbocycles. The van der Waals surface area contributed by atoms with Gasteiger partial charge in [-0.2, -0.15) is 0 Å². The van der Waals surface area contributed by atoms with Crippen LogP contribution in [0.2, 0.25) is 0 Å². The summed E-state index contributed by atoms with van der Waals surface area (Å²) in [5, 5.41) is 4.52. The van der Waals surface area contributed by atoms with Crippen molar-refractivity contribution in [2.24, 2.45) is 0 Å². The van der Waals surface area contributed by atoms with Crippen LogP contribution in [0.15, 0.2) is 63.4 Å². The van der Waals surface area contributed by atoms with Gasteiger partial charge >= 0.3 is 0 Å². The third kappa shape index (κ3) is 5.03. The van der Waals surface area contributed by atoms with Crippen molar-refractivity contribution >= 4 is 57.2 Å². The van der Waals surface area contributed by atoms with E-state index in [2.05, 4.69) is 21.0 Å². The molecule has 4 nitrogen and oxygen atoms in total. The topological polar surface area (TPSA) is 38.1 Å². The first-order chi connectivity index (χ1) is 12.5. The minimum absolute atomic E-state index is 0.0605. The molecule has 0 spiro atoms. The average molecular weight is 466 g/mol. The summed E-state index contributed by atoms with van der Waals surface area (Å²) in [6, 6.07) is 17.7. The fraction of sp³-hybridized carbons (Fsp3) is 0.167. The van der Waals surface area contributed by atoms with Crippen molar-refractivity contribution in [3.63, 3.8) is 0 Å². The molecule has 0 fully saturated rings. The molecule has 3 rings (SSSR count). The zero-order chi connectivity index (χ0) is 18.5. The van der Waals surface area contributed by atoms with Gasteiger partial charge in [0.1, 0.15) is 0 Å². The zero-order valence-corrected chi connectivity index (χ0v) is 18.0. The highest BCUT2D eigenvalue weighted by Gasteiger charge is 2.13. The number of carbonyl (C=O) groups is 1. The van der Waals surface area contributed by atoms with Crippen molar-refractivity contribution in [1.29, 1.82) is 0 Å². The van der Waals surface area contributed by atoms with Crippen molar-refractivity contribution in [2.75, 3.05) is 12.8 Å². The Balaban J connectivity index is 1.59. The molecule has 2 aromatic carbocycles. The fourth-order valence-electron chi connectivity index (χ4n) is 2.24. The molecule has 0 saturated carbocycles. The molecular formula is C18H16BrN3OS3. The maximum absolute atomic E-state index is 12.4. The predicted molar refractivity (Wildman–Crippen MR) is 114 cm³/mol. The summed E-state index contributed by atoms with van der Waals surface area (Å²) >= 11 is 11.6. The van der Waals surface area contributed by atoms with Crippen molar-refractivity contribution in [2.45, 2.75) is 10.9 Å². The van der Waals surface area contributed by atoms with E-state index >= 15 is 0 Å². The van der Waals surface area contributed by atoms with Crippen LogP contribution in [0.3, 0.4) is 0 Å². The smallest absolute Gasteiger partial charge is 0.233 e. The van der Waals surface area contributed by atoms with Gasteiger partial charge in [0, 0.05) is 18.1 Å². The standard InChI is InChI=1S/C18H16BrN3OS3/c1-21(11-13-7-9-14(19)10-8-13)16(23)12-25-17-20-22(18(24)26-17)15-5-3-2-4-6-15/h2-10H,11-12H2,1H3. The molecule has 0 aliphatic rings. The van der Waals surface area contributed by atoms with E-state index in [1.807, 2.05) is 61.6 Å². The predicted octanol–water partition coefficient (Wildman–Crippen LogP) is 5.18. The first kappa shape index (κ1) is 19.3. The van der Waals surface area contributed by atoms with Crippen LogP contribution >= 0.6 is 51.2 Å². The summed E-state index contributed by atoms with van der Waals surface area (Å²) in [5.74, 6) is 0.398. The number of para-hydroxylation sites is 1. The summed E-state index contributed by atoms with van der Waals surface area (Å²) in [6.07, 6.45) is 0. The Morgan fingerprint density at radius 3 is 2.62 bits per heavy atom. The largest absolute Gasteiger partial charge is 0.341 e. The van der Waals surface area contributed by atoms with E-state index in [4.69, 9.17) is 12.2 Å². The highest BCUT2D eigenvalue weighted by molar-refractivity contribution is 9.10. The number of rotatable bonds is 6. The van der Waals surface area contributed by atoms with Gasteiger partial charge in [0.15, 0.2) is 8.29 Å². The van der Waals surface area contributed by atoms with Crippen LogP contribution in [0.1, 0.15) is 5.56 Å². The van der Waals surface area contributed by atoms with E-state index < -0.39 is 0 Å². The third-order valence-electron chi connectivity index (χ3n) is 3.61. The number of benzene rings is 2. The fourth-order valence-corrected chi connectivity index (χ4v) is 4.80. The minimum atomic E-state index is 0.0605. The summed E-state index contributed by atoms with van der Waals surface area (Å²) in [6.45, 7) is 0.584. The van der Waals surface area contributed by atoms with Crippen LogP contribution in [0, 0.1) is 3.95 Å². The Morgan fingerprint density at radius 1 is 1.23 bits per heavy atom. The molecule has 1 aromatic heterocycles. The second-order valence-electron chi connectivity index (χ2n) is 5.55. The lowest BCUT2D eigenvalue weighted by Gasteiger charge is -2.16. The van der Waals surface area contributed by atoms with Crippen LogP contribution in [-0.2, 0) is 11.3 Å². The molecular weight excluding hydrogens is 450 g/mol. The van der Waals surface area contributed by atoms with E-state index in [-0.39, 0.29) is 5.91 Å². The lowest BCUT2D eigenvalue weighted by atomic mass is 10.2. The molecule has 0 saturated heterocycles. The van der Waals surface area contributed by atoms with Gasteiger partial charge in [-0.25, -0.2) is 4.68 Å². The summed E-state index contributed by atoms with van der Waals surface area (Å²) in [5.41, 5.74) is 2.03. The van der Waals surface area contributed by atoms with Crippen LogP contribution in [0.4, 0.5) is 0 Å². The number of hydrogen-bond acceptors (Lipinski definition) is 5. The number of nitrogens with zero attached hydrogens (tertiary/aromatic N) is 3. The second kappa shape index (κ2) is 8.94. The van der Waals surface area contributed by atoms with Crippen LogP contribution < -0.4 is 0 Å². The van der Waals surface area contributed by atoms with Gasteiger partial charge in [-0.1, -0.05) is 69.4 Å². The molecule has 8 heteroatoms. The van der Waals surface area contributed by atoms with Gasteiger partial charge in [-0.3, -0.25) is 4.79 Å². The van der Waals surface area contributed by atoms with E-state index in [1.54, 1.807) is 9.58 Å². The summed E-state index contributed by atoms with van der Waals surface area (Å²) in [7, 11) is 1.81. The van der Waals surface area contributed by atoms with Crippen molar-refractivity contribution in [3.05, 3.63) is 68.6 Å².